The van der Waals surface area contributed by atoms with Crippen molar-refractivity contribution in [3.63, 3.8) is 0 Å². The van der Waals surface area contributed by atoms with E-state index in [1.165, 1.54) is 0 Å². The summed E-state index contributed by atoms with van der Waals surface area (Å²) in [4.78, 5) is 4.01. The predicted molar refractivity (Wildman–Crippen MR) is 35.0 cm³/mol. The monoisotopic (exact) mass is 113 g/mol. The van der Waals surface area contributed by atoms with Gasteiger partial charge in [-0.05, 0) is 0 Å². The van der Waals surface area contributed by atoms with Crippen molar-refractivity contribution in [2.45, 2.75) is 6.42 Å². The molecule has 0 aromatic rings. The van der Waals surface area contributed by atoms with Gasteiger partial charge in [0.2, 0.25) is 0 Å². The number of aliphatic imine (C=N–C) groups is 1. The summed E-state index contributed by atoms with van der Waals surface area (Å²) in [6, 6.07) is 0. The molecule has 7 heavy (non-hydrogen) atoms. The van der Waals surface area contributed by atoms with Gasteiger partial charge in [-0.1, -0.05) is 6.08 Å². The number of hydrogen-bond acceptors (Lipinski definition) is 2. The van der Waals surface area contributed by atoms with Crippen LogP contribution in [0.25, 0.3) is 0 Å². The molecule has 1 rings (SSSR count). The maximum absolute atomic E-state index is 4.03. The molecule has 0 spiro atoms. The van der Waals surface area contributed by atoms with Gasteiger partial charge in [-0.25, -0.2) is 0 Å². The van der Waals surface area contributed by atoms with Gasteiger partial charge < -0.3 is 0 Å². The fourth-order valence-electron chi connectivity index (χ4n) is 0.517. The Bertz CT molecular complexity index is 115. The zero-order valence-electron chi connectivity index (χ0n) is 3.96. The van der Waals surface area contributed by atoms with Crippen LogP contribution in [-0.4, -0.2) is 12.0 Å². The van der Waals surface area contributed by atoms with Crippen molar-refractivity contribution < 1.29 is 0 Å². The van der Waals surface area contributed by atoms with Crippen LogP contribution < -0.4 is 0 Å². The summed E-state index contributed by atoms with van der Waals surface area (Å²) >= 11 is 4.03. The van der Waals surface area contributed by atoms with Gasteiger partial charge in [0.1, 0.15) is 0 Å². The number of allylic oxidation sites excluding steroid dienone is 1. The zero-order valence-corrected chi connectivity index (χ0v) is 4.86. The summed E-state index contributed by atoms with van der Waals surface area (Å²) in [6.07, 6.45) is 4.97. The van der Waals surface area contributed by atoms with Gasteiger partial charge in [0, 0.05) is 24.1 Å². The molecular formula is C5H7NS. The minimum absolute atomic E-state index is 0.774. The first-order valence-electron chi connectivity index (χ1n) is 2.26. The van der Waals surface area contributed by atoms with Gasteiger partial charge in [-0.15, -0.1) is 0 Å². The maximum atomic E-state index is 4.03. The van der Waals surface area contributed by atoms with Gasteiger partial charge >= 0.3 is 0 Å². The Labute approximate surface area is 48.6 Å². The molecule has 0 aromatic carbocycles. The lowest BCUT2D eigenvalue weighted by Crippen LogP contribution is -1.70. The third kappa shape index (κ3) is 1.06. The van der Waals surface area contributed by atoms with E-state index in [2.05, 4.69) is 23.7 Å². The van der Waals surface area contributed by atoms with Crippen LogP contribution in [0.15, 0.2) is 16.8 Å². The molecule has 0 aromatic heterocycles. The molecule has 0 saturated heterocycles. The van der Waals surface area contributed by atoms with Gasteiger partial charge in [-0.3, -0.25) is 4.99 Å². The van der Waals surface area contributed by atoms with E-state index in [0.717, 1.165) is 17.9 Å². The molecule has 38 valence electrons. The molecule has 0 N–H and O–H groups in total. The second kappa shape index (κ2) is 2.17. The highest BCUT2D eigenvalue weighted by Crippen LogP contribution is 2.04. The van der Waals surface area contributed by atoms with Crippen molar-refractivity contribution in [2.24, 2.45) is 4.99 Å². The van der Waals surface area contributed by atoms with E-state index in [0.29, 0.717) is 0 Å². The van der Waals surface area contributed by atoms with Gasteiger partial charge in [0.15, 0.2) is 0 Å². The van der Waals surface area contributed by atoms with E-state index in [1.807, 2.05) is 6.21 Å². The SMILES string of the molecule is SCC1=CCC=N1. The van der Waals surface area contributed by atoms with E-state index in [9.17, 15) is 0 Å². The molecule has 0 amide bonds. The van der Waals surface area contributed by atoms with Crippen LogP contribution in [0.4, 0.5) is 0 Å². The van der Waals surface area contributed by atoms with E-state index >= 15 is 0 Å². The molecule has 1 aliphatic rings. The topological polar surface area (TPSA) is 12.4 Å². The minimum Gasteiger partial charge on any atom is -0.265 e. The van der Waals surface area contributed by atoms with Crippen LogP contribution in [0, 0.1) is 0 Å². The first-order valence-corrected chi connectivity index (χ1v) is 2.89. The second-order valence-corrected chi connectivity index (χ2v) is 1.72. The first-order chi connectivity index (χ1) is 3.43. The Morgan fingerprint density at radius 1 is 1.86 bits per heavy atom. The van der Waals surface area contributed by atoms with Crippen molar-refractivity contribution >= 4 is 18.8 Å². The van der Waals surface area contributed by atoms with E-state index in [1.54, 1.807) is 0 Å². The lowest BCUT2D eigenvalue weighted by atomic mass is 10.4. The second-order valence-electron chi connectivity index (χ2n) is 1.40. The van der Waals surface area contributed by atoms with Gasteiger partial charge in [0.25, 0.3) is 0 Å². The number of thiol groups is 1. The predicted octanol–water partition coefficient (Wildman–Crippen LogP) is 1.27. The third-order valence-corrected chi connectivity index (χ3v) is 1.20. The van der Waals surface area contributed by atoms with Crippen LogP contribution in [0.3, 0.4) is 0 Å². The Hall–Kier alpha value is -0.240. The quantitative estimate of drug-likeness (QED) is 0.492. The molecule has 0 fully saturated rings. The molecule has 1 nitrogen and oxygen atoms in total. The largest absolute Gasteiger partial charge is 0.265 e. The van der Waals surface area contributed by atoms with Crippen LogP contribution >= 0.6 is 12.6 Å². The highest BCUT2D eigenvalue weighted by atomic mass is 32.1. The summed E-state index contributed by atoms with van der Waals surface area (Å²) in [7, 11) is 0. The Morgan fingerprint density at radius 2 is 2.71 bits per heavy atom. The highest BCUT2D eigenvalue weighted by Gasteiger charge is 1.92. The Kier molecular flexibility index (Phi) is 1.52. The zero-order chi connectivity index (χ0) is 5.11. The van der Waals surface area contributed by atoms with E-state index < -0.39 is 0 Å². The van der Waals surface area contributed by atoms with E-state index in [-0.39, 0.29) is 0 Å². The van der Waals surface area contributed by atoms with Crippen molar-refractivity contribution in [3.05, 3.63) is 11.8 Å². The minimum atomic E-state index is 0.774. The number of hydrogen-bond donors (Lipinski definition) is 1. The molecule has 0 unspecified atom stereocenters. The van der Waals surface area contributed by atoms with Crippen LogP contribution in [-0.2, 0) is 0 Å². The highest BCUT2D eigenvalue weighted by molar-refractivity contribution is 7.80. The molecule has 2 heteroatoms. The van der Waals surface area contributed by atoms with E-state index in [4.69, 9.17) is 0 Å². The molecule has 0 saturated carbocycles. The molecule has 1 aliphatic heterocycles. The fourth-order valence-corrected chi connectivity index (χ4v) is 0.728. The Balaban J connectivity index is 2.52. The molecule has 0 bridgehead atoms. The molecule has 0 aliphatic carbocycles. The average molecular weight is 113 g/mol. The first kappa shape index (κ1) is 4.91. The fraction of sp³-hybridized carbons (Fsp3) is 0.400. The lowest BCUT2D eigenvalue weighted by molar-refractivity contribution is 1.36. The van der Waals surface area contributed by atoms with Crippen molar-refractivity contribution in [2.75, 3.05) is 5.75 Å². The van der Waals surface area contributed by atoms with Gasteiger partial charge in [-0.2, -0.15) is 12.6 Å². The van der Waals surface area contributed by atoms with Crippen LogP contribution in [0.2, 0.25) is 0 Å². The smallest absolute Gasteiger partial charge is 0.0460 e. The van der Waals surface area contributed by atoms with Crippen molar-refractivity contribution in [3.8, 4) is 0 Å². The third-order valence-electron chi connectivity index (χ3n) is 0.878. The lowest BCUT2D eigenvalue weighted by Gasteiger charge is -1.83. The molecule has 1 heterocycles. The van der Waals surface area contributed by atoms with Gasteiger partial charge in [0.05, 0.1) is 0 Å². The standard InChI is InChI=1S/C5H7NS/c7-4-5-2-1-3-6-5/h2-3,7H,1,4H2. The average Bonchev–Trinajstić information content (AvgIpc) is 2.14. The maximum Gasteiger partial charge on any atom is 0.0460 e. The summed E-state index contributed by atoms with van der Waals surface area (Å²) < 4.78 is 0. The molecule has 0 radical (unpaired) electrons. The van der Waals surface area contributed by atoms with Crippen LogP contribution in [0.1, 0.15) is 6.42 Å². The van der Waals surface area contributed by atoms with Crippen molar-refractivity contribution in [1.29, 1.82) is 0 Å². The summed E-state index contributed by atoms with van der Waals surface area (Å²) in [6.45, 7) is 0. The number of rotatable bonds is 1. The Morgan fingerprint density at radius 3 is 3.00 bits per heavy atom. The van der Waals surface area contributed by atoms with Crippen LogP contribution in [0.5, 0.6) is 0 Å². The van der Waals surface area contributed by atoms with Crippen molar-refractivity contribution in [1.82, 2.24) is 0 Å². The molecule has 0 atom stereocenters. The normalized spacial score (nSPS) is 17.6. The molecular weight excluding hydrogens is 106 g/mol. The summed E-state index contributed by atoms with van der Waals surface area (Å²) in [5.41, 5.74) is 1.10. The number of nitrogens with zero attached hydrogens (tertiary/aromatic N) is 1. The summed E-state index contributed by atoms with van der Waals surface area (Å²) in [5.74, 6) is 0.774. The summed E-state index contributed by atoms with van der Waals surface area (Å²) in [5, 5.41) is 0.